The topological polar surface area (TPSA) is 72.4 Å². The number of carbonyl (C=O) groups excluding carboxylic acids is 1. The molecule has 0 atom stereocenters. The van der Waals surface area contributed by atoms with Crippen molar-refractivity contribution in [1.29, 1.82) is 0 Å². The molecule has 0 spiro atoms. The van der Waals surface area contributed by atoms with E-state index in [0.717, 1.165) is 57.6 Å². The van der Waals surface area contributed by atoms with Crippen LogP contribution in [0.3, 0.4) is 0 Å². The second-order valence-electron chi connectivity index (χ2n) is 9.35. The number of H-pyrrole nitrogens is 1. The first-order chi connectivity index (χ1) is 18.1. The Morgan fingerprint density at radius 2 is 1.81 bits per heavy atom. The number of carbonyl (C=O) groups is 1. The molecule has 2 heterocycles. The molecule has 1 aliphatic carbocycles. The Bertz CT molecular complexity index is 1550. The van der Waals surface area contributed by atoms with Gasteiger partial charge in [-0.2, -0.15) is 5.10 Å². The molecule has 0 aliphatic heterocycles. The van der Waals surface area contributed by atoms with Crippen LogP contribution in [-0.4, -0.2) is 45.8 Å². The smallest absolute Gasteiger partial charge is 0.256 e. The van der Waals surface area contributed by atoms with Crippen molar-refractivity contribution in [1.82, 2.24) is 19.7 Å². The third kappa shape index (κ3) is 4.44. The van der Waals surface area contributed by atoms with Crippen molar-refractivity contribution in [3.05, 3.63) is 96.4 Å². The Kier molecular flexibility index (Phi) is 5.88. The average molecular weight is 493 g/mol. The summed E-state index contributed by atoms with van der Waals surface area (Å²) >= 11 is 0. The minimum atomic E-state index is 0.0404. The van der Waals surface area contributed by atoms with Crippen LogP contribution in [0.5, 0.6) is 11.5 Å². The Morgan fingerprint density at radius 1 is 1.00 bits per heavy atom. The minimum absolute atomic E-state index is 0.0404. The van der Waals surface area contributed by atoms with Crippen molar-refractivity contribution in [2.24, 2.45) is 0 Å². The van der Waals surface area contributed by atoms with Gasteiger partial charge in [0.25, 0.3) is 5.91 Å². The van der Waals surface area contributed by atoms with Gasteiger partial charge < -0.3 is 18.9 Å². The molecule has 0 saturated heterocycles. The van der Waals surface area contributed by atoms with E-state index in [1.54, 1.807) is 20.4 Å². The van der Waals surface area contributed by atoms with E-state index in [-0.39, 0.29) is 11.9 Å². The fourth-order valence-electron chi connectivity index (χ4n) is 4.82. The molecule has 7 heteroatoms. The molecule has 37 heavy (non-hydrogen) atoms. The highest BCUT2D eigenvalue weighted by atomic mass is 16.5. The number of methoxy groups -OCH3 is 2. The molecule has 1 N–H and O–H groups in total. The Morgan fingerprint density at radius 3 is 2.51 bits per heavy atom. The van der Waals surface area contributed by atoms with Crippen LogP contribution in [0.1, 0.15) is 28.8 Å². The van der Waals surface area contributed by atoms with Crippen molar-refractivity contribution in [2.75, 3.05) is 14.2 Å². The molecular formula is C30H28N4O3. The molecule has 1 amide bonds. The SMILES string of the molecule is COc1ccc(-n2cc(C(=O)N(Cc3cccc(OC)c3)C3CC3)c3ccc(-c4cn[nH]c4)cc32)cc1. The number of amides is 1. The van der Waals surface area contributed by atoms with Gasteiger partial charge in [0.05, 0.1) is 31.5 Å². The van der Waals surface area contributed by atoms with Crippen LogP contribution in [0.25, 0.3) is 27.7 Å². The molecule has 0 radical (unpaired) electrons. The zero-order valence-corrected chi connectivity index (χ0v) is 20.8. The lowest BCUT2D eigenvalue weighted by Gasteiger charge is -2.22. The number of ether oxygens (including phenoxy) is 2. The van der Waals surface area contributed by atoms with E-state index >= 15 is 0 Å². The summed E-state index contributed by atoms with van der Waals surface area (Å²) < 4.78 is 12.8. The quantitative estimate of drug-likeness (QED) is 0.295. The molecule has 186 valence electrons. The first-order valence-electron chi connectivity index (χ1n) is 12.4. The maximum atomic E-state index is 14.1. The highest BCUT2D eigenvalue weighted by Crippen LogP contribution is 2.35. The standard InChI is InChI=1S/C30H28N4O3/c1-36-25-11-9-23(10-12-25)33-19-28(27-13-6-21(15-29(27)33)22-16-31-32-17-22)30(35)34(24-7-8-24)18-20-4-3-5-26(14-20)37-2/h3-6,9-17,19,24H,7-8,18H2,1-2H3,(H,31,32). The number of aromatic amines is 1. The maximum Gasteiger partial charge on any atom is 0.256 e. The molecule has 0 unspecified atom stereocenters. The van der Waals surface area contributed by atoms with E-state index in [1.165, 1.54) is 0 Å². The predicted molar refractivity (Wildman–Crippen MR) is 143 cm³/mol. The highest BCUT2D eigenvalue weighted by Gasteiger charge is 2.34. The first kappa shape index (κ1) is 22.9. The minimum Gasteiger partial charge on any atom is -0.497 e. The van der Waals surface area contributed by atoms with Crippen LogP contribution >= 0.6 is 0 Å². The number of fused-ring (bicyclic) bond motifs is 1. The zero-order valence-electron chi connectivity index (χ0n) is 20.8. The summed E-state index contributed by atoms with van der Waals surface area (Å²) in [5.41, 5.74) is 5.70. The highest BCUT2D eigenvalue weighted by molar-refractivity contribution is 6.08. The lowest BCUT2D eigenvalue weighted by molar-refractivity contribution is 0.0731. The van der Waals surface area contributed by atoms with Gasteiger partial charge >= 0.3 is 0 Å². The van der Waals surface area contributed by atoms with Gasteiger partial charge in [-0.15, -0.1) is 0 Å². The second-order valence-corrected chi connectivity index (χ2v) is 9.35. The van der Waals surface area contributed by atoms with Crippen LogP contribution < -0.4 is 9.47 Å². The molecular weight excluding hydrogens is 464 g/mol. The number of nitrogens with zero attached hydrogens (tertiary/aromatic N) is 3. The monoisotopic (exact) mass is 492 g/mol. The molecule has 7 nitrogen and oxygen atoms in total. The van der Waals surface area contributed by atoms with Gasteiger partial charge in [0.2, 0.25) is 0 Å². The number of aromatic nitrogens is 3. The molecule has 6 rings (SSSR count). The average Bonchev–Trinajstić information content (AvgIpc) is 3.49. The fraction of sp³-hybridized carbons (Fsp3) is 0.200. The van der Waals surface area contributed by atoms with Gasteiger partial charge in [-0.25, -0.2) is 0 Å². The van der Waals surface area contributed by atoms with Crippen molar-refractivity contribution in [3.8, 4) is 28.3 Å². The van der Waals surface area contributed by atoms with Gasteiger partial charge in [0, 0.05) is 41.6 Å². The lowest BCUT2D eigenvalue weighted by atomic mass is 10.1. The number of hydrogen-bond donors (Lipinski definition) is 1. The summed E-state index contributed by atoms with van der Waals surface area (Å²) in [4.78, 5) is 16.1. The van der Waals surface area contributed by atoms with Crippen LogP contribution in [0.4, 0.5) is 0 Å². The number of benzene rings is 3. The van der Waals surface area contributed by atoms with Crippen molar-refractivity contribution >= 4 is 16.8 Å². The van der Waals surface area contributed by atoms with Gasteiger partial charge in [0.1, 0.15) is 11.5 Å². The van der Waals surface area contributed by atoms with Gasteiger partial charge in [-0.1, -0.05) is 24.3 Å². The van der Waals surface area contributed by atoms with Gasteiger partial charge in [0.15, 0.2) is 0 Å². The van der Waals surface area contributed by atoms with Crippen molar-refractivity contribution < 1.29 is 14.3 Å². The maximum absolute atomic E-state index is 14.1. The Labute approximate surface area is 215 Å². The summed E-state index contributed by atoms with van der Waals surface area (Å²) in [7, 11) is 3.32. The Balaban J connectivity index is 1.44. The summed E-state index contributed by atoms with van der Waals surface area (Å²) in [6.07, 6.45) is 7.69. The van der Waals surface area contributed by atoms with Crippen LogP contribution in [-0.2, 0) is 6.54 Å². The predicted octanol–water partition coefficient (Wildman–Crippen LogP) is 5.84. The summed E-state index contributed by atoms with van der Waals surface area (Å²) in [6.45, 7) is 0.545. The van der Waals surface area contributed by atoms with Crippen LogP contribution in [0.15, 0.2) is 85.3 Å². The summed E-state index contributed by atoms with van der Waals surface area (Å²) in [5, 5.41) is 7.90. The zero-order chi connectivity index (χ0) is 25.4. The molecule has 1 fully saturated rings. The van der Waals surface area contributed by atoms with Crippen LogP contribution in [0, 0.1) is 0 Å². The molecule has 5 aromatic rings. The molecule has 1 aliphatic rings. The van der Waals surface area contributed by atoms with E-state index in [4.69, 9.17) is 9.47 Å². The lowest BCUT2D eigenvalue weighted by Crippen LogP contribution is -2.32. The number of hydrogen-bond acceptors (Lipinski definition) is 4. The van der Waals surface area contributed by atoms with Gasteiger partial charge in [-0.3, -0.25) is 9.89 Å². The second kappa shape index (κ2) is 9.50. The van der Waals surface area contributed by atoms with Crippen molar-refractivity contribution in [2.45, 2.75) is 25.4 Å². The van der Waals surface area contributed by atoms with E-state index in [2.05, 4.69) is 20.8 Å². The van der Waals surface area contributed by atoms with Gasteiger partial charge in [-0.05, 0) is 66.4 Å². The third-order valence-corrected chi connectivity index (χ3v) is 6.95. The molecule has 3 aromatic carbocycles. The van der Waals surface area contributed by atoms with E-state index in [9.17, 15) is 4.79 Å². The molecule has 2 aromatic heterocycles. The van der Waals surface area contributed by atoms with E-state index in [0.29, 0.717) is 12.1 Å². The van der Waals surface area contributed by atoms with E-state index in [1.807, 2.05) is 78.0 Å². The van der Waals surface area contributed by atoms with E-state index < -0.39 is 0 Å². The Hall–Kier alpha value is -4.52. The number of nitrogens with one attached hydrogen (secondary N) is 1. The van der Waals surface area contributed by atoms with Crippen molar-refractivity contribution in [3.63, 3.8) is 0 Å². The molecule has 0 bridgehead atoms. The van der Waals surface area contributed by atoms with Crippen LogP contribution in [0.2, 0.25) is 0 Å². The first-order valence-corrected chi connectivity index (χ1v) is 12.4. The third-order valence-electron chi connectivity index (χ3n) is 6.95. The molecule has 1 saturated carbocycles. The summed E-state index contributed by atoms with van der Waals surface area (Å²) in [5.74, 6) is 1.62. The fourth-order valence-corrected chi connectivity index (χ4v) is 4.82. The summed E-state index contributed by atoms with van der Waals surface area (Å²) in [6, 6.07) is 22.3. The number of rotatable bonds is 8. The normalized spacial score (nSPS) is 13.0. The largest absolute Gasteiger partial charge is 0.497 e.